The molecule has 3 N–H and O–H groups in total. The van der Waals surface area contributed by atoms with Crippen LogP contribution in [0.3, 0.4) is 0 Å². The molecule has 2 aromatic carbocycles. The number of carbonyl (C=O) groups is 3. The third kappa shape index (κ3) is 5.17. The maximum Gasteiger partial charge on any atom is 0.335 e. The van der Waals surface area contributed by atoms with Crippen LogP contribution in [0.15, 0.2) is 54.6 Å². The minimum atomic E-state index is -0.992. The summed E-state index contributed by atoms with van der Waals surface area (Å²) in [7, 11) is 0. The molecule has 0 spiro atoms. The Labute approximate surface area is 194 Å². The van der Waals surface area contributed by atoms with Crippen molar-refractivity contribution >= 4 is 17.7 Å². The van der Waals surface area contributed by atoms with Crippen LogP contribution in [0.25, 0.3) is 0 Å². The Hall–Kier alpha value is -2.99. The molecule has 33 heavy (non-hydrogen) atoms. The first-order valence-corrected chi connectivity index (χ1v) is 11.9. The lowest BCUT2D eigenvalue weighted by Gasteiger charge is -2.33. The van der Waals surface area contributed by atoms with Gasteiger partial charge in [0.1, 0.15) is 0 Å². The number of hydrogen-bond acceptors (Lipinski definition) is 4. The van der Waals surface area contributed by atoms with Gasteiger partial charge in [-0.2, -0.15) is 0 Å². The number of carboxylic acid groups (broad SMARTS) is 1. The number of rotatable bonds is 7. The zero-order chi connectivity index (χ0) is 23.4. The normalized spacial score (nSPS) is 25.1. The number of carbonyl (C=O) groups excluding carboxylic acids is 2. The molecule has 6 heteroatoms. The van der Waals surface area contributed by atoms with E-state index in [0.29, 0.717) is 19.0 Å². The van der Waals surface area contributed by atoms with Crippen LogP contribution in [0.1, 0.15) is 59.5 Å². The zero-order valence-electron chi connectivity index (χ0n) is 18.9. The summed E-state index contributed by atoms with van der Waals surface area (Å²) in [5.74, 6) is -0.449. The molecule has 1 aliphatic heterocycles. The van der Waals surface area contributed by atoms with E-state index in [1.54, 1.807) is 12.1 Å². The minimum Gasteiger partial charge on any atom is -0.478 e. The predicted octanol–water partition coefficient (Wildman–Crippen LogP) is 3.65. The number of aromatic carboxylic acids is 1. The number of benzene rings is 2. The number of likely N-dealkylation sites (tertiary alicyclic amines) is 1. The number of Topliss-reactive ketones (excluding diaryl/α,β-unsaturated/α-hetero) is 1. The molecule has 2 unspecified atom stereocenters. The van der Waals surface area contributed by atoms with Crippen molar-refractivity contribution in [2.75, 3.05) is 13.1 Å². The highest BCUT2D eigenvalue weighted by Gasteiger charge is 2.44. The molecule has 1 saturated heterocycles. The maximum absolute atomic E-state index is 13.6. The summed E-state index contributed by atoms with van der Waals surface area (Å²) in [6.45, 7) is 1.26. The molecule has 0 bridgehead atoms. The summed E-state index contributed by atoms with van der Waals surface area (Å²) in [6, 6.07) is 15.9. The third-order valence-corrected chi connectivity index (χ3v) is 7.35. The van der Waals surface area contributed by atoms with E-state index >= 15 is 0 Å². The highest BCUT2D eigenvalue weighted by atomic mass is 16.4. The van der Waals surface area contributed by atoms with E-state index in [1.165, 1.54) is 12.1 Å². The van der Waals surface area contributed by atoms with Gasteiger partial charge >= 0.3 is 5.97 Å². The summed E-state index contributed by atoms with van der Waals surface area (Å²) in [4.78, 5) is 40.1. The lowest BCUT2D eigenvalue weighted by molar-refractivity contribution is -0.142. The van der Waals surface area contributed by atoms with E-state index in [2.05, 4.69) is 0 Å². The zero-order valence-corrected chi connectivity index (χ0v) is 18.9. The molecular weight excluding hydrogens is 416 g/mol. The maximum atomic E-state index is 13.6. The molecule has 2 fully saturated rings. The topological polar surface area (TPSA) is 101 Å². The highest BCUT2D eigenvalue weighted by Crippen LogP contribution is 2.38. The van der Waals surface area contributed by atoms with Crippen LogP contribution in [0, 0.1) is 11.8 Å². The van der Waals surface area contributed by atoms with E-state index in [0.717, 1.165) is 43.2 Å². The molecule has 2 atom stereocenters. The summed E-state index contributed by atoms with van der Waals surface area (Å²) in [6.07, 6.45) is 4.56. The van der Waals surface area contributed by atoms with E-state index in [9.17, 15) is 14.4 Å². The standard InChI is InChI=1S/C27H32N2O4/c28-17-19-8-10-21(11-9-19)26(31)29-15-14-23(20-4-2-1-3-5-20)25(29)24(30)16-18-6-12-22(13-7-18)27(32)33/h1-7,12-13,19,21,23,25H,8-11,14-17,28H2,(H,32,33). The van der Waals surface area contributed by atoms with Crippen molar-refractivity contribution in [3.05, 3.63) is 71.3 Å². The van der Waals surface area contributed by atoms with Crippen molar-refractivity contribution in [3.8, 4) is 0 Å². The van der Waals surface area contributed by atoms with Crippen LogP contribution in [0.5, 0.6) is 0 Å². The Morgan fingerprint density at radius 3 is 2.18 bits per heavy atom. The second-order valence-electron chi connectivity index (χ2n) is 9.38. The molecule has 1 heterocycles. The highest BCUT2D eigenvalue weighted by molar-refractivity contribution is 5.93. The number of nitrogens with two attached hydrogens (primary N) is 1. The van der Waals surface area contributed by atoms with Crippen LogP contribution in [-0.4, -0.2) is 46.8 Å². The second kappa shape index (κ2) is 10.3. The van der Waals surface area contributed by atoms with E-state index in [1.807, 2.05) is 35.2 Å². The van der Waals surface area contributed by atoms with Crippen LogP contribution >= 0.6 is 0 Å². The third-order valence-electron chi connectivity index (χ3n) is 7.35. The van der Waals surface area contributed by atoms with Gasteiger partial charge in [-0.05, 0) is 67.8 Å². The van der Waals surface area contributed by atoms with Gasteiger partial charge in [-0.1, -0.05) is 42.5 Å². The number of nitrogens with zero attached hydrogens (tertiary/aromatic N) is 1. The quantitative estimate of drug-likeness (QED) is 0.673. The second-order valence-corrected chi connectivity index (χ2v) is 9.38. The van der Waals surface area contributed by atoms with Crippen molar-refractivity contribution in [3.63, 3.8) is 0 Å². The minimum absolute atomic E-state index is 0.00780. The van der Waals surface area contributed by atoms with Crippen LogP contribution in [0.4, 0.5) is 0 Å². The fraction of sp³-hybridized carbons (Fsp3) is 0.444. The Bertz CT molecular complexity index is 981. The van der Waals surface area contributed by atoms with E-state index < -0.39 is 12.0 Å². The molecule has 1 amide bonds. The first-order valence-electron chi connectivity index (χ1n) is 11.9. The summed E-state index contributed by atoms with van der Waals surface area (Å²) < 4.78 is 0. The molecule has 2 aliphatic rings. The van der Waals surface area contributed by atoms with Crippen molar-refractivity contribution in [2.24, 2.45) is 17.6 Å². The van der Waals surface area contributed by atoms with Crippen molar-refractivity contribution in [2.45, 2.75) is 50.5 Å². The molecule has 6 nitrogen and oxygen atoms in total. The lowest BCUT2D eigenvalue weighted by Crippen LogP contribution is -2.46. The van der Waals surface area contributed by atoms with Gasteiger partial charge in [0.2, 0.25) is 5.91 Å². The summed E-state index contributed by atoms with van der Waals surface area (Å²) in [5.41, 5.74) is 7.86. The molecule has 4 rings (SSSR count). The van der Waals surface area contributed by atoms with Gasteiger partial charge in [0.05, 0.1) is 11.6 Å². The molecule has 174 valence electrons. The monoisotopic (exact) mass is 448 g/mol. The average molecular weight is 449 g/mol. The first-order chi connectivity index (χ1) is 16.0. The van der Waals surface area contributed by atoms with Gasteiger partial charge in [-0.25, -0.2) is 4.79 Å². The summed E-state index contributed by atoms with van der Waals surface area (Å²) in [5, 5.41) is 9.12. The van der Waals surface area contributed by atoms with Gasteiger partial charge < -0.3 is 15.7 Å². The molecular formula is C27H32N2O4. The van der Waals surface area contributed by atoms with Gasteiger partial charge in [0.25, 0.3) is 0 Å². The average Bonchev–Trinajstić information content (AvgIpc) is 3.30. The Balaban J connectivity index is 1.55. The molecule has 0 aromatic heterocycles. The number of carboxylic acids is 1. The van der Waals surface area contributed by atoms with Crippen LogP contribution in [-0.2, 0) is 16.0 Å². The Morgan fingerprint density at radius 1 is 0.909 bits per heavy atom. The molecule has 1 aliphatic carbocycles. The predicted molar refractivity (Wildman–Crippen MR) is 126 cm³/mol. The summed E-state index contributed by atoms with van der Waals surface area (Å²) >= 11 is 0. The fourth-order valence-corrected chi connectivity index (χ4v) is 5.44. The fourth-order valence-electron chi connectivity index (χ4n) is 5.44. The van der Waals surface area contributed by atoms with E-state index in [-0.39, 0.29) is 35.5 Å². The lowest BCUT2D eigenvalue weighted by atomic mass is 9.81. The van der Waals surface area contributed by atoms with Gasteiger partial charge in [0.15, 0.2) is 5.78 Å². The van der Waals surface area contributed by atoms with Crippen molar-refractivity contribution in [1.29, 1.82) is 0 Å². The van der Waals surface area contributed by atoms with Crippen molar-refractivity contribution < 1.29 is 19.5 Å². The number of ketones is 1. The van der Waals surface area contributed by atoms with Crippen molar-refractivity contribution in [1.82, 2.24) is 4.90 Å². The number of amides is 1. The van der Waals surface area contributed by atoms with Gasteiger partial charge in [0, 0.05) is 24.8 Å². The smallest absolute Gasteiger partial charge is 0.335 e. The SMILES string of the molecule is NCC1CCC(C(=O)N2CCC(c3ccccc3)C2C(=O)Cc2ccc(C(=O)O)cc2)CC1. The Kier molecular flexibility index (Phi) is 7.23. The largest absolute Gasteiger partial charge is 0.478 e. The van der Waals surface area contributed by atoms with Gasteiger partial charge in [-0.15, -0.1) is 0 Å². The molecule has 1 saturated carbocycles. The van der Waals surface area contributed by atoms with E-state index in [4.69, 9.17) is 10.8 Å². The Morgan fingerprint density at radius 2 is 1.58 bits per heavy atom. The first kappa shape index (κ1) is 23.2. The van der Waals surface area contributed by atoms with Crippen LogP contribution < -0.4 is 5.73 Å². The molecule has 2 aromatic rings. The van der Waals surface area contributed by atoms with Gasteiger partial charge in [-0.3, -0.25) is 9.59 Å². The van der Waals surface area contributed by atoms with Crippen LogP contribution in [0.2, 0.25) is 0 Å². The number of hydrogen-bond donors (Lipinski definition) is 2. The molecule has 0 radical (unpaired) electrons.